The number of carbonyl (C=O) groups is 1. The first-order valence-electron chi connectivity index (χ1n) is 6.49. The Morgan fingerprint density at radius 3 is 2.89 bits per heavy atom. The number of hydrogen-bond acceptors (Lipinski definition) is 4. The lowest BCUT2D eigenvalue weighted by atomic mass is 10.1. The lowest BCUT2D eigenvalue weighted by molar-refractivity contribution is 0.0931. The highest BCUT2D eigenvalue weighted by molar-refractivity contribution is 5.98. The molecule has 1 fully saturated rings. The molecule has 2 heterocycles. The Bertz CT molecular complexity index is 397. The normalized spacial score (nSPS) is 18.5. The van der Waals surface area contributed by atoms with E-state index in [9.17, 15) is 4.79 Å². The quantitative estimate of drug-likeness (QED) is 0.731. The fraction of sp³-hybridized carbons (Fsp3) is 0.667. The zero-order valence-electron chi connectivity index (χ0n) is 10.8. The molecule has 0 bridgehead atoms. The van der Waals surface area contributed by atoms with E-state index in [4.69, 9.17) is 5.73 Å². The van der Waals surface area contributed by atoms with Crippen molar-refractivity contribution in [3.8, 4) is 0 Å². The highest BCUT2D eigenvalue weighted by atomic mass is 16.1. The number of aromatic nitrogens is 2. The SMILES string of the molecule is CC(CNC(=O)c1cn[nH]c1N)N1CCCCC1. The van der Waals surface area contributed by atoms with Crippen LogP contribution in [0.1, 0.15) is 36.5 Å². The molecule has 0 spiro atoms. The van der Waals surface area contributed by atoms with Gasteiger partial charge in [-0.15, -0.1) is 0 Å². The minimum absolute atomic E-state index is 0.162. The second kappa shape index (κ2) is 5.86. The number of piperidine rings is 1. The molecule has 1 unspecified atom stereocenters. The van der Waals surface area contributed by atoms with Crippen molar-refractivity contribution in [3.05, 3.63) is 11.8 Å². The predicted molar refractivity (Wildman–Crippen MR) is 70.2 cm³/mol. The van der Waals surface area contributed by atoms with Crippen LogP contribution in [0.3, 0.4) is 0 Å². The minimum Gasteiger partial charge on any atom is -0.383 e. The number of nitrogens with two attached hydrogens (primary N) is 1. The van der Waals surface area contributed by atoms with E-state index in [1.807, 2.05) is 0 Å². The van der Waals surface area contributed by atoms with E-state index >= 15 is 0 Å². The maximum absolute atomic E-state index is 11.8. The molecule has 1 aromatic heterocycles. The van der Waals surface area contributed by atoms with Crippen molar-refractivity contribution in [2.75, 3.05) is 25.4 Å². The first-order chi connectivity index (χ1) is 8.68. The molecule has 0 aliphatic carbocycles. The van der Waals surface area contributed by atoms with Gasteiger partial charge >= 0.3 is 0 Å². The lowest BCUT2D eigenvalue weighted by Crippen LogP contribution is -2.44. The molecule has 100 valence electrons. The fourth-order valence-electron chi connectivity index (χ4n) is 2.30. The number of nitrogens with zero attached hydrogens (tertiary/aromatic N) is 2. The minimum atomic E-state index is -0.162. The summed E-state index contributed by atoms with van der Waals surface area (Å²) < 4.78 is 0. The summed E-state index contributed by atoms with van der Waals surface area (Å²) in [5.41, 5.74) is 6.02. The van der Waals surface area contributed by atoms with Gasteiger partial charge in [0, 0.05) is 12.6 Å². The van der Waals surface area contributed by atoms with Gasteiger partial charge in [-0.05, 0) is 32.9 Å². The van der Waals surface area contributed by atoms with Gasteiger partial charge in [0.25, 0.3) is 5.91 Å². The van der Waals surface area contributed by atoms with Gasteiger partial charge < -0.3 is 11.1 Å². The van der Waals surface area contributed by atoms with Crippen LogP contribution in [-0.4, -0.2) is 46.7 Å². The van der Waals surface area contributed by atoms with Gasteiger partial charge in [0.2, 0.25) is 0 Å². The maximum Gasteiger partial charge on any atom is 0.256 e. The number of nitrogens with one attached hydrogen (secondary N) is 2. The molecular weight excluding hydrogens is 230 g/mol. The monoisotopic (exact) mass is 251 g/mol. The van der Waals surface area contributed by atoms with Crippen LogP contribution in [0.2, 0.25) is 0 Å². The third-order valence-corrected chi connectivity index (χ3v) is 3.49. The van der Waals surface area contributed by atoms with Crippen molar-refractivity contribution in [1.82, 2.24) is 20.4 Å². The van der Waals surface area contributed by atoms with Crippen LogP contribution in [-0.2, 0) is 0 Å². The molecule has 0 aromatic carbocycles. The van der Waals surface area contributed by atoms with Gasteiger partial charge in [-0.25, -0.2) is 0 Å². The Hall–Kier alpha value is -1.56. The average Bonchev–Trinajstić information content (AvgIpc) is 2.83. The number of likely N-dealkylation sites (tertiary alicyclic amines) is 1. The van der Waals surface area contributed by atoms with Gasteiger partial charge in [0.1, 0.15) is 11.4 Å². The Labute approximate surface area is 107 Å². The molecule has 1 saturated heterocycles. The molecule has 6 heteroatoms. The third-order valence-electron chi connectivity index (χ3n) is 3.49. The number of aromatic amines is 1. The van der Waals surface area contributed by atoms with Crippen LogP contribution in [0, 0.1) is 0 Å². The van der Waals surface area contributed by atoms with Crippen molar-refractivity contribution in [2.45, 2.75) is 32.2 Å². The largest absolute Gasteiger partial charge is 0.383 e. The van der Waals surface area contributed by atoms with E-state index < -0.39 is 0 Å². The molecule has 1 aliphatic heterocycles. The van der Waals surface area contributed by atoms with E-state index in [1.54, 1.807) is 0 Å². The van der Waals surface area contributed by atoms with E-state index in [0.717, 1.165) is 13.1 Å². The smallest absolute Gasteiger partial charge is 0.256 e. The standard InChI is InChI=1S/C12H21N5O/c1-9(17-5-3-2-4-6-17)7-14-12(18)10-8-15-16-11(10)13/h8-9H,2-7H2,1H3,(H,14,18)(H3,13,15,16). The molecule has 1 aromatic rings. The van der Waals surface area contributed by atoms with E-state index in [-0.39, 0.29) is 5.91 Å². The van der Waals surface area contributed by atoms with Gasteiger partial charge in [-0.3, -0.25) is 14.8 Å². The van der Waals surface area contributed by atoms with Gasteiger partial charge in [-0.2, -0.15) is 5.10 Å². The Balaban J connectivity index is 1.80. The summed E-state index contributed by atoms with van der Waals surface area (Å²) in [6.07, 6.45) is 5.29. The second-order valence-corrected chi connectivity index (χ2v) is 4.85. The van der Waals surface area contributed by atoms with Crippen molar-refractivity contribution < 1.29 is 4.79 Å². The predicted octanol–water partition coefficient (Wildman–Crippen LogP) is 0.596. The molecule has 1 amide bonds. The highest BCUT2D eigenvalue weighted by Gasteiger charge is 2.18. The summed E-state index contributed by atoms with van der Waals surface area (Å²) in [6.45, 7) is 5.05. The van der Waals surface area contributed by atoms with Crippen LogP contribution in [0.15, 0.2) is 6.20 Å². The zero-order valence-corrected chi connectivity index (χ0v) is 10.8. The maximum atomic E-state index is 11.8. The Morgan fingerprint density at radius 2 is 2.28 bits per heavy atom. The molecule has 1 atom stereocenters. The summed E-state index contributed by atoms with van der Waals surface area (Å²) >= 11 is 0. The summed E-state index contributed by atoms with van der Waals surface area (Å²) in [5, 5.41) is 9.20. The zero-order chi connectivity index (χ0) is 13.0. The molecule has 0 saturated carbocycles. The third kappa shape index (κ3) is 3.01. The van der Waals surface area contributed by atoms with Crippen molar-refractivity contribution >= 4 is 11.7 Å². The van der Waals surface area contributed by atoms with Crippen molar-refractivity contribution in [3.63, 3.8) is 0 Å². The molecular formula is C12H21N5O. The summed E-state index contributed by atoms with van der Waals surface area (Å²) in [7, 11) is 0. The summed E-state index contributed by atoms with van der Waals surface area (Å²) in [6, 6.07) is 0.363. The van der Waals surface area contributed by atoms with Gasteiger partial charge in [-0.1, -0.05) is 6.42 Å². The van der Waals surface area contributed by atoms with Crippen LogP contribution >= 0.6 is 0 Å². The molecule has 4 N–H and O–H groups in total. The fourth-order valence-corrected chi connectivity index (χ4v) is 2.30. The molecule has 6 nitrogen and oxygen atoms in total. The number of amides is 1. The number of carbonyl (C=O) groups excluding carboxylic acids is 1. The highest BCUT2D eigenvalue weighted by Crippen LogP contribution is 2.12. The lowest BCUT2D eigenvalue weighted by Gasteiger charge is -2.32. The molecule has 18 heavy (non-hydrogen) atoms. The second-order valence-electron chi connectivity index (χ2n) is 4.85. The van der Waals surface area contributed by atoms with Gasteiger partial charge in [0.05, 0.1) is 6.20 Å². The van der Waals surface area contributed by atoms with E-state index in [0.29, 0.717) is 24.0 Å². The summed E-state index contributed by atoms with van der Waals surface area (Å²) in [5.74, 6) is 0.156. The molecule has 2 rings (SSSR count). The number of rotatable bonds is 4. The van der Waals surface area contributed by atoms with Crippen LogP contribution in [0.4, 0.5) is 5.82 Å². The van der Waals surface area contributed by atoms with E-state index in [1.165, 1.54) is 25.5 Å². The average molecular weight is 251 g/mol. The Morgan fingerprint density at radius 1 is 1.56 bits per heavy atom. The van der Waals surface area contributed by atoms with Crippen LogP contribution < -0.4 is 11.1 Å². The topological polar surface area (TPSA) is 87.0 Å². The van der Waals surface area contributed by atoms with Crippen molar-refractivity contribution in [1.29, 1.82) is 0 Å². The number of hydrogen-bond donors (Lipinski definition) is 3. The van der Waals surface area contributed by atoms with Crippen molar-refractivity contribution in [2.24, 2.45) is 0 Å². The summed E-state index contributed by atoms with van der Waals surface area (Å²) in [4.78, 5) is 14.3. The van der Waals surface area contributed by atoms with Crippen LogP contribution in [0.25, 0.3) is 0 Å². The van der Waals surface area contributed by atoms with Crippen LogP contribution in [0.5, 0.6) is 0 Å². The number of nitrogen functional groups attached to an aromatic ring is 1. The first kappa shape index (κ1) is 12.9. The Kier molecular flexibility index (Phi) is 4.19. The first-order valence-corrected chi connectivity index (χ1v) is 6.49. The number of H-pyrrole nitrogens is 1. The number of anilines is 1. The molecule has 1 aliphatic rings. The van der Waals surface area contributed by atoms with Gasteiger partial charge in [0.15, 0.2) is 0 Å². The molecule has 0 radical (unpaired) electrons. The van der Waals surface area contributed by atoms with E-state index in [2.05, 4.69) is 27.3 Å².